The molecule has 6 nitrogen and oxygen atoms in total. The SMILES string of the molecule is COCCCc1noc([C@H](N)CO)n1. The molecule has 0 radical (unpaired) electrons. The third kappa shape index (κ3) is 3.06. The molecule has 1 rings (SSSR count). The molecule has 0 saturated heterocycles. The van der Waals surface area contributed by atoms with Crippen LogP contribution in [-0.4, -0.2) is 35.6 Å². The Bertz CT molecular complexity index is 264. The highest BCUT2D eigenvalue weighted by Crippen LogP contribution is 2.07. The number of methoxy groups -OCH3 is 1. The molecule has 0 bridgehead atoms. The van der Waals surface area contributed by atoms with E-state index < -0.39 is 6.04 Å². The largest absolute Gasteiger partial charge is 0.394 e. The van der Waals surface area contributed by atoms with Crippen LogP contribution in [0.3, 0.4) is 0 Å². The van der Waals surface area contributed by atoms with Gasteiger partial charge < -0.3 is 20.1 Å². The van der Waals surface area contributed by atoms with E-state index in [0.29, 0.717) is 18.9 Å². The molecule has 80 valence electrons. The predicted octanol–water partition coefficient (Wildman–Crippen LogP) is -0.359. The van der Waals surface area contributed by atoms with E-state index in [1.54, 1.807) is 7.11 Å². The standard InChI is InChI=1S/C8H15N3O3/c1-13-4-2-3-7-10-8(14-11-7)6(9)5-12/h6,12H,2-5,9H2,1H3/t6-/m1/s1. The lowest BCUT2D eigenvalue weighted by atomic mass is 10.3. The van der Waals surface area contributed by atoms with Crippen molar-refractivity contribution in [1.82, 2.24) is 10.1 Å². The van der Waals surface area contributed by atoms with E-state index in [9.17, 15) is 0 Å². The Morgan fingerprint density at radius 3 is 3.07 bits per heavy atom. The Morgan fingerprint density at radius 2 is 2.43 bits per heavy atom. The van der Waals surface area contributed by atoms with Crippen LogP contribution in [0.15, 0.2) is 4.52 Å². The van der Waals surface area contributed by atoms with Gasteiger partial charge in [-0.3, -0.25) is 0 Å². The van der Waals surface area contributed by atoms with Crippen LogP contribution < -0.4 is 5.73 Å². The van der Waals surface area contributed by atoms with Crippen molar-refractivity contribution >= 4 is 0 Å². The Hall–Kier alpha value is -0.980. The fourth-order valence-electron chi connectivity index (χ4n) is 0.972. The quantitative estimate of drug-likeness (QED) is 0.610. The molecule has 0 fully saturated rings. The summed E-state index contributed by atoms with van der Waals surface area (Å²) in [5, 5.41) is 12.5. The van der Waals surface area contributed by atoms with Crippen molar-refractivity contribution in [3.63, 3.8) is 0 Å². The van der Waals surface area contributed by atoms with Crippen LogP contribution in [-0.2, 0) is 11.2 Å². The lowest BCUT2D eigenvalue weighted by Gasteiger charge is -1.98. The summed E-state index contributed by atoms with van der Waals surface area (Å²) in [6.07, 6.45) is 1.53. The molecule has 1 heterocycles. The first-order chi connectivity index (χ1) is 6.77. The van der Waals surface area contributed by atoms with Gasteiger partial charge in [0, 0.05) is 20.1 Å². The predicted molar refractivity (Wildman–Crippen MR) is 48.5 cm³/mol. The molecule has 3 N–H and O–H groups in total. The normalized spacial score (nSPS) is 13.1. The van der Waals surface area contributed by atoms with Crippen LogP contribution in [0.2, 0.25) is 0 Å². The number of nitrogens with zero attached hydrogens (tertiary/aromatic N) is 2. The second kappa shape index (κ2) is 5.69. The van der Waals surface area contributed by atoms with Crippen molar-refractivity contribution in [2.45, 2.75) is 18.9 Å². The topological polar surface area (TPSA) is 94.4 Å². The van der Waals surface area contributed by atoms with Gasteiger partial charge in [-0.1, -0.05) is 5.16 Å². The van der Waals surface area contributed by atoms with Crippen LogP contribution in [0.5, 0.6) is 0 Å². The van der Waals surface area contributed by atoms with Crippen LogP contribution in [0.4, 0.5) is 0 Å². The van der Waals surface area contributed by atoms with Gasteiger partial charge in [-0.25, -0.2) is 0 Å². The van der Waals surface area contributed by atoms with Gasteiger partial charge in [0.25, 0.3) is 0 Å². The van der Waals surface area contributed by atoms with Gasteiger partial charge in [0.15, 0.2) is 5.82 Å². The Balaban J connectivity index is 2.42. The van der Waals surface area contributed by atoms with E-state index in [4.69, 9.17) is 20.1 Å². The molecule has 0 aliphatic heterocycles. The van der Waals surface area contributed by atoms with Crippen LogP contribution >= 0.6 is 0 Å². The number of aliphatic hydroxyl groups excluding tert-OH is 1. The number of hydrogen-bond acceptors (Lipinski definition) is 6. The van der Waals surface area contributed by atoms with Gasteiger partial charge >= 0.3 is 0 Å². The van der Waals surface area contributed by atoms with Gasteiger partial charge in [0.1, 0.15) is 6.04 Å². The summed E-state index contributed by atoms with van der Waals surface area (Å²) in [5.41, 5.74) is 5.49. The Morgan fingerprint density at radius 1 is 1.64 bits per heavy atom. The number of aryl methyl sites for hydroxylation is 1. The van der Waals surface area contributed by atoms with Gasteiger partial charge in [-0.2, -0.15) is 4.98 Å². The number of ether oxygens (including phenoxy) is 1. The molecule has 0 aliphatic carbocycles. The zero-order valence-corrected chi connectivity index (χ0v) is 8.14. The highest BCUT2D eigenvalue weighted by Gasteiger charge is 2.12. The molecular weight excluding hydrogens is 186 g/mol. The van der Waals surface area contributed by atoms with Gasteiger partial charge in [-0.05, 0) is 6.42 Å². The minimum absolute atomic E-state index is 0.195. The van der Waals surface area contributed by atoms with E-state index >= 15 is 0 Å². The molecule has 0 unspecified atom stereocenters. The molecular formula is C8H15N3O3. The second-order valence-electron chi connectivity index (χ2n) is 2.93. The summed E-state index contributed by atoms with van der Waals surface area (Å²) in [6.45, 7) is 0.468. The number of nitrogens with two attached hydrogens (primary N) is 1. The molecule has 0 saturated carbocycles. The van der Waals surface area contributed by atoms with Crippen LogP contribution in [0, 0.1) is 0 Å². The maximum Gasteiger partial charge on any atom is 0.245 e. The first-order valence-electron chi connectivity index (χ1n) is 4.45. The van der Waals surface area contributed by atoms with E-state index in [-0.39, 0.29) is 12.5 Å². The van der Waals surface area contributed by atoms with E-state index in [1.165, 1.54) is 0 Å². The molecule has 1 aromatic heterocycles. The number of aliphatic hydroxyl groups is 1. The average Bonchev–Trinajstić information content (AvgIpc) is 2.66. The van der Waals surface area contributed by atoms with E-state index in [2.05, 4.69) is 10.1 Å². The molecule has 1 atom stereocenters. The maximum absolute atomic E-state index is 8.74. The third-order valence-corrected chi connectivity index (χ3v) is 1.75. The summed E-state index contributed by atoms with van der Waals surface area (Å²) < 4.78 is 9.75. The van der Waals surface area contributed by atoms with Crippen LogP contribution in [0.25, 0.3) is 0 Å². The lowest BCUT2D eigenvalue weighted by Crippen LogP contribution is -2.14. The summed E-state index contributed by atoms with van der Waals surface area (Å²) in [7, 11) is 1.64. The Kier molecular flexibility index (Phi) is 4.51. The fourth-order valence-corrected chi connectivity index (χ4v) is 0.972. The molecule has 0 amide bonds. The summed E-state index contributed by atoms with van der Waals surface area (Å²) in [4.78, 5) is 4.03. The maximum atomic E-state index is 8.74. The highest BCUT2D eigenvalue weighted by molar-refractivity contribution is 4.91. The smallest absolute Gasteiger partial charge is 0.245 e. The number of rotatable bonds is 6. The zero-order valence-electron chi connectivity index (χ0n) is 8.14. The fraction of sp³-hybridized carbons (Fsp3) is 0.750. The van der Waals surface area contributed by atoms with Crippen molar-refractivity contribution in [3.05, 3.63) is 11.7 Å². The van der Waals surface area contributed by atoms with Crippen molar-refractivity contribution in [3.8, 4) is 0 Å². The van der Waals surface area contributed by atoms with Crippen molar-refractivity contribution in [1.29, 1.82) is 0 Å². The second-order valence-corrected chi connectivity index (χ2v) is 2.93. The average molecular weight is 201 g/mol. The third-order valence-electron chi connectivity index (χ3n) is 1.75. The summed E-state index contributed by atoms with van der Waals surface area (Å²) in [5.74, 6) is 0.876. The molecule has 0 aromatic carbocycles. The summed E-state index contributed by atoms with van der Waals surface area (Å²) in [6, 6.07) is -0.585. The molecule has 0 aliphatic rings. The monoisotopic (exact) mass is 201 g/mol. The van der Waals surface area contributed by atoms with Crippen molar-refractivity contribution < 1.29 is 14.4 Å². The first-order valence-corrected chi connectivity index (χ1v) is 4.45. The Labute approximate surface area is 82.1 Å². The van der Waals surface area contributed by atoms with Gasteiger partial charge in [-0.15, -0.1) is 0 Å². The molecule has 0 spiro atoms. The van der Waals surface area contributed by atoms with Gasteiger partial charge in [0.2, 0.25) is 5.89 Å². The zero-order chi connectivity index (χ0) is 10.4. The highest BCUT2D eigenvalue weighted by atomic mass is 16.5. The lowest BCUT2D eigenvalue weighted by molar-refractivity contribution is 0.194. The van der Waals surface area contributed by atoms with Crippen LogP contribution in [0.1, 0.15) is 24.2 Å². The number of hydrogen-bond donors (Lipinski definition) is 2. The van der Waals surface area contributed by atoms with Gasteiger partial charge in [0.05, 0.1) is 6.61 Å². The minimum Gasteiger partial charge on any atom is -0.394 e. The molecule has 1 aromatic rings. The first kappa shape index (κ1) is 11.1. The summed E-state index contributed by atoms with van der Waals surface area (Å²) >= 11 is 0. The van der Waals surface area contributed by atoms with E-state index in [1.807, 2.05) is 0 Å². The minimum atomic E-state index is -0.585. The number of aromatic nitrogens is 2. The van der Waals surface area contributed by atoms with Crippen molar-refractivity contribution in [2.24, 2.45) is 5.73 Å². The van der Waals surface area contributed by atoms with Crippen molar-refractivity contribution in [2.75, 3.05) is 20.3 Å². The molecule has 6 heteroatoms. The van der Waals surface area contributed by atoms with E-state index in [0.717, 1.165) is 6.42 Å². The molecule has 14 heavy (non-hydrogen) atoms.